The Morgan fingerprint density at radius 3 is 2.47 bits per heavy atom. The molecule has 80 valence electrons. The first-order valence-corrected chi connectivity index (χ1v) is 5.00. The topological polar surface area (TPSA) is 134 Å². The molecule has 1 rings (SSSR count). The molecule has 0 bridgehead atoms. The number of hydrogen-bond acceptors (Lipinski definition) is 4. The Balaban J connectivity index is 3.64. The van der Waals surface area contributed by atoms with Gasteiger partial charge in [0.25, 0.3) is 0 Å². The summed E-state index contributed by atoms with van der Waals surface area (Å²) >= 11 is 0. The second-order valence-corrected chi connectivity index (χ2v) is 4.20. The van der Waals surface area contributed by atoms with Crippen LogP contribution in [0.4, 0.5) is 0 Å². The third-order valence-electron chi connectivity index (χ3n) is 1.83. The summed E-state index contributed by atoms with van der Waals surface area (Å²) in [7, 11) is -5.08. The monoisotopic (exact) mass is 231 g/mol. The van der Waals surface area contributed by atoms with Crippen molar-refractivity contribution in [1.29, 1.82) is 0 Å². The highest BCUT2D eigenvalue weighted by molar-refractivity contribution is 7.88. The van der Waals surface area contributed by atoms with Gasteiger partial charge >= 0.3 is 20.7 Å². The van der Waals surface area contributed by atoms with Gasteiger partial charge < -0.3 is 5.53 Å². The molecule has 0 aromatic carbocycles. The van der Waals surface area contributed by atoms with Gasteiger partial charge in [-0.3, -0.25) is 14.7 Å². The van der Waals surface area contributed by atoms with E-state index < -0.39 is 25.6 Å². The Bertz CT molecular complexity index is 513. The van der Waals surface area contributed by atoms with Gasteiger partial charge in [0.05, 0.1) is 4.92 Å². The minimum atomic E-state index is -5.08. The molecule has 1 aliphatic carbocycles. The van der Waals surface area contributed by atoms with Gasteiger partial charge in [0.2, 0.25) is 0 Å². The SMILES string of the molecule is [N-]=[N+]=C1C=CC=CC1([N+](=O)[O-])S(=O)(=O)O. The third kappa shape index (κ3) is 1.48. The molecule has 1 unspecified atom stereocenters. The van der Waals surface area contributed by atoms with Crippen LogP contribution >= 0.6 is 0 Å². The fourth-order valence-corrected chi connectivity index (χ4v) is 1.92. The maximum absolute atomic E-state index is 11.0. The van der Waals surface area contributed by atoms with Gasteiger partial charge in [-0.25, -0.2) is 0 Å². The summed E-state index contributed by atoms with van der Waals surface area (Å²) < 4.78 is 30.7. The van der Waals surface area contributed by atoms with Crippen LogP contribution in [0.1, 0.15) is 0 Å². The summed E-state index contributed by atoms with van der Waals surface area (Å²) in [6.45, 7) is 0. The van der Waals surface area contributed by atoms with Crippen molar-refractivity contribution in [3.05, 3.63) is 39.9 Å². The van der Waals surface area contributed by atoms with Crippen molar-refractivity contribution in [2.75, 3.05) is 0 Å². The van der Waals surface area contributed by atoms with Gasteiger partial charge in [-0.15, -0.1) is 0 Å². The average molecular weight is 231 g/mol. The molecule has 0 aromatic rings. The molecule has 1 aliphatic rings. The first kappa shape index (κ1) is 11.2. The van der Waals surface area contributed by atoms with Crippen molar-refractivity contribution in [1.82, 2.24) is 0 Å². The highest BCUT2D eigenvalue weighted by Gasteiger charge is 2.64. The van der Waals surface area contributed by atoms with E-state index in [2.05, 4.69) is 4.79 Å². The van der Waals surface area contributed by atoms with Gasteiger partial charge in [-0.05, 0) is 0 Å². The van der Waals surface area contributed by atoms with Crippen molar-refractivity contribution < 1.29 is 22.7 Å². The number of nitro groups is 1. The lowest BCUT2D eigenvalue weighted by Gasteiger charge is -2.14. The first-order chi connectivity index (χ1) is 6.86. The molecule has 0 aromatic heterocycles. The lowest BCUT2D eigenvalue weighted by molar-refractivity contribution is -0.510. The Hall–Kier alpha value is -1.83. The second-order valence-electron chi connectivity index (χ2n) is 2.63. The smallest absolute Gasteiger partial charge is 0.361 e. The van der Waals surface area contributed by atoms with E-state index in [-0.39, 0.29) is 0 Å². The number of allylic oxidation sites excluding steroid dienone is 2. The molecule has 0 saturated carbocycles. The van der Waals surface area contributed by atoms with Crippen LogP contribution < -0.4 is 0 Å². The van der Waals surface area contributed by atoms with Crippen molar-refractivity contribution in [3.63, 3.8) is 0 Å². The van der Waals surface area contributed by atoms with Crippen LogP contribution in [0.3, 0.4) is 0 Å². The molecule has 0 radical (unpaired) electrons. The molecule has 0 amide bonds. The van der Waals surface area contributed by atoms with Crippen molar-refractivity contribution in [3.8, 4) is 0 Å². The molecule has 0 heterocycles. The van der Waals surface area contributed by atoms with Crippen LogP contribution in [0.2, 0.25) is 0 Å². The lowest BCUT2D eigenvalue weighted by Crippen LogP contribution is -2.51. The highest BCUT2D eigenvalue weighted by atomic mass is 32.2. The predicted molar refractivity (Wildman–Crippen MR) is 48.2 cm³/mol. The fourth-order valence-electron chi connectivity index (χ4n) is 1.11. The van der Waals surface area contributed by atoms with Gasteiger partial charge in [0.1, 0.15) is 0 Å². The van der Waals surface area contributed by atoms with Crippen molar-refractivity contribution in [2.45, 2.75) is 4.87 Å². The zero-order valence-corrected chi connectivity index (χ0v) is 7.96. The maximum atomic E-state index is 11.0. The molecule has 9 heteroatoms. The van der Waals surface area contributed by atoms with Crippen LogP contribution in [0.15, 0.2) is 24.3 Å². The second kappa shape index (κ2) is 3.39. The van der Waals surface area contributed by atoms with E-state index in [0.29, 0.717) is 6.08 Å². The van der Waals surface area contributed by atoms with E-state index in [9.17, 15) is 18.5 Å². The summed E-state index contributed by atoms with van der Waals surface area (Å²) in [5.74, 6) is 0. The molecular formula is C6H5N3O5S. The Labute approximate surface area is 84.0 Å². The molecule has 0 saturated heterocycles. The molecular weight excluding hydrogens is 226 g/mol. The van der Waals surface area contributed by atoms with Crippen LogP contribution in [-0.4, -0.2) is 33.3 Å². The zero-order valence-electron chi connectivity index (χ0n) is 7.14. The maximum Gasteiger partial charge on any atom is 0.458 e. The van der Waals surface area contributed by atoms with Gasteiger partial charge in [-0.1, -0.05) is 12.2 Å². The summed E-state index contributed by atoms with van der Waals surface area (Å²) in [4.78, 5) is 8.98. The summed E-state index contributed by atoms with van der Waals surface area (Å²) in [6, 6.07) is 0. The number of rotatable bonds is 2. The van der Waals surface area contributed by atoms with E-state index in [1.54, 1.807) is 0 Å². The summed E-state index contributed by atoms with van der Waals surface area (Å²) in [5.41, 5.74) is 7.68. The number of hydrogen-bond donors (Lipinski definition) is 1. The predicted octanol–water partition coefficient (Wildman–Crippen LogP) is -0.356. The lowest BCUT2D eigenvalue weighted by atomic mass is 10.1. The molecule has 0 fully saturated rings. The fraction of sp³-hybridized carbons (Fsp3) is 0.167. The van der Waals surface area contributed by atoms with E-state index in [1.807, 2.05) is 0 Å². The van der Waals surface area contributed by atoms with E-state index in [1.165, 1.54) is 6.08 Å². The van der Waals surface area contributed by atoms with Gasteiger partial charge in [-0.2, -0.15) is 13.2 Å². The van der Waals surface area contributed by atoms with E-state index in [0.717, 1.165) is 12.2 Å². The zero-order chi connectivity index (χ0) is 11.7. The van der Waals surface area contributed by atoms with E-state index in [4.69, 9.17) is 10.1 Å². The Morgan fingerprint density at radius 1 is 1.53 bits per heavy atom. The highest BCUT2D eigenvalue weighted by Crippen LogP contribution is 2.24. The van der Waals surface area contributed by atoms with Gasteiger partial charge in [0, 0.05) is 12.2 Å². The number of nitrogens with zero attached hydrogens (tertiary/aromatic N) is 3. The van der Waals surface area contributed by atoms with Crippen LogP contribution in [0.25, 0.3) is 5.53 Å². The minimum absolute atomic E-state index is 0.622. The Kier molecular flexibility index (Phi) is 2.54. The van der Waals surface area contributed by atoms with Crippen molar-refractivity contribution in [2.24, 2.45) is 0 Å². The molecule has 1 atom stereocenters. The van der Waals surface area contributed by atoms with Crippen LogP contribution in [0, 0.1) is 10.1 Å². The average Bonchev–Trinajstić information content (AvgIpc) is 2.15. The molecule has 0 spiro atoms. The van der Waals surface area contributed by atoms with E-state index >= 15 is 0 Å². The first-order valence-electron chi connectivity index (χ1n) is 3.56. The molecule has 1 N–H and O–H groups in total. The van der Waals surface area contributed by atoms with Gasteiger partial charge in [0.15, 0.2) is 0 Å². The largest absolute Gasteiger partial charge is 0.458 e. The summed E-state index contributed by atoms with van der Waals surface area (Å²) in [6.07, 6.45) is 3.83. The minimum Gasteiger partial charge on any atom is -0.361 e. The quantitative estimate of drug-likeness (QED) is 0.228. The molecule has 15 heavy (non-hydrogen) atoms. The standard InChI is InChI=1S/C6H5N3O5S/c7-8-5-3-1-2-4-6(5,9(10)11)15(12,13)14/h1-4H,(H,12,13,14). The van der Waals surface area contributed by atoms with Crippen LogP contribution in [-0.2, 0) is 10.1 Å². The van der Waals surface area contributed by atoms with Crippen LogP contribution in [0.5, 0.6) is 0 Å². The molecule has 8 nitrogen and oxygen atoms in total. The summed E-state index contributed by atoms with van der Waals surface area (Å²) in [5, 5.41) is 10.7. The molecule has 0 aliphatic heterocycles. The normalized spacial score (nSPS) is 25.0. The third-order valence-corrected chi connectivity index (χ3v) is 3.11. The van der Waals surface area contributed by atoms with Crippen molar-refractivity contribution >= 4 is 15.8 Å². The Morgan fingerprint density at radius 2 is 2.13 bits per heavy atom.